The minimum absolute atomic E-state index is 0.542. The smallest absolute Gasteiger partial charge is 0.124 e. The molecular formula is C8H10N2. The van der Waals surface area contributed by atoms with Crippen LogP contribution >= 0.6 is 0 Å². The summed E-state index contributed by atoms with van der Waals surface area (Å²) >= 11 is 0. The largest absolute Gasteiger partial charge is 0.384 e. The van der Waals surface area contributed by atoms with Crippen molar-refractivity contribution in [2.45, 2.75) is 6.92 Å². The Kier molecular flexibility index (Phi) is 1.71. The average molecular weight is 134 g/mol. The van der Waals surface area contributed by atoms with Crippen LogP contribution in [0.25, 0.3) is 5.57 Å². The number of nitrogens with zero attached hydrogens (tertiary/aromatic N) is 1. The lowest BCUT2D eigenvalue weighted by atomic mass is 10.2. The monoisotopic (exact) mass is 134 g/mol. The van der Waals surface area contributed by atoms with Crippen molar-refractivity contribution in [3.63, 3.8) is 0 Å². The number of hydrogen-bond donors (Lipinski definition) is 1. The third kappa shape index (κ3) is 1.35. The van der Waals surface area contributed by atoms with E-state index in [-0.39, 0.29) is 0 Å². The molecule has 0 aliphatic carbocycles. The van der Waals surface area contributed by atoms with Crippen molar-refractivity contribution >= 4 is 11.4 Å². The standard InChI is InChI=1S/C8H10N2/c1-6(2)7-4-3-5-8(9)10-7/h3-5H,1H2,2H3,(H2,9,10). The number of allylic oxidation sites excluding steroid dienone is 1. The molecule has 2 N–H and O–H groups in total. The van der Waals surface area contributed by atoms with E-state index in [2.05, 4.69) is 11.6 Å². The number of nitrogens with two attached hydrogens (primary N) is 1. The summed E-state index contributed by atoms with van der Waals surface area (Å²) in [5, 5.41) is 0. The van der Waals surface area contributed by atoms with Crippen molar-refractivity contribution in [2.75, 3.05) is 5.73 Å². The predicted octanol–water partition coefficient (Wildman–Crippen LogP) is 1.70. The van der Waals surface area contributed by atoms with Crippen LogP contribution in [0.5, 0.6) is 0 Å². The molecule has 0 aromatic carbocycles. The molecule has 0 bridgehead atoms. The third-order valence-electron chi connectivity index (χ3n) is 1.21. The molecule has 0 saturated heterocycles. The molecule has 1 rings (SSSR count). The van der Waals surface area contributed by atoms with Crippen molar-refractivity contribution in [1.29, 1.82) is 0 Å². The average Bonchev–Trinajstić information content (AvgIpc) is 1.88. The van der Waals surface area contributed by atoms with E-state index in [1.165, 1.54) is 0 Å². The molecule has 2 heteroatoms. The van der Waals surface area contributed by atoms with Crippen LogP contribution in [0.2, 0.25) is 0 Å². The fourth-order valence-corrected chi connectivity index (χ4v) is 0.689. The van der Waals surface area contributed by atoms with Crippen LogP contribution in [0.3, 0.4) is 0 Å². The van der Waals surface area contributed by atoms with Gasteiger partial charge in [-0.05, 0) is 24.6 Å². The van der Waals surface area contributed by atoms with E-state index in [1.54, 1.807) is 6.07 Å². The van der Waals surface area contributed by atoms with Crippen LogP contribution in [0.15, 0.2) is 24.8 Å². The van der Waals surface area contributed by atoms with E-state index in [0.717, 1.165) is 11.3 Å². The number of rotatable bonds is 1. The Balaban J connectivity index is 3.07. The zero-order valence-electron chi connectivity index (χ0n) is 5.96. The van der Waals surface area contributed by atoms with Gasteiger partial charge in [0.25, 0.3) is 0 Å². The highest BCUT2D eigenvalue weighted by Crippen LogP contribution is 2.08. The Labute approximate surface area is 60.4 Å². The highest BCUT2D eigenvalue weighted by atomic mass is 14.8. The van der Waals surface area contributed by atoms with E-state index in [0.29, 0.717) is 5.82 Å². The second-order valence-corrected chi connectivity index (χ2v) is 2.23. The zero-order chi connectivity index (χ0) is 7.56. The zero-order valence-corrected chi connectivity index (χ0v) is 5.96. The van der Waals surface area contributed by atoms with Crippen LogP contribution in [-0.2, 0) is 0 Å². The van der Waals surface area contributed by atoms with Gasteiger partial charge in [-0.3, -0.25) is 0 Å². The van der Waals surface area contributed by atoms with Gasteiger partial charge in [-0.1, -0.05) is 12.6 Å². The summed E-state index contributed by atoms with van der Waals surface area (Å²) < 4.78 is 0. The summed E-state index contributed by atoms with van der Waals surface area (Å²) in [7, 11) is 0. The van der Waals surface area contributed by atoms with Gasteiger partial charge in [0.15, 0.2) is 0 Å². The lowest BCUT2D eigenvalue weighted by molar-refractivity contribution is 1.28. The van der Waals surface area contributed by atoms with Crippen LogP contribution in [-0.4, -0.2) is 4.98 Å². The van der Waals surface area contributed by atoms with Gasteiger partial charge in [-0.15, -0.1) is 0 Å². The SMILES string of the molecule is C=C(C)c1cccc(N)n1. The van der Waals surface area contributed by atoms with Crippen molar-refractivity contribution in [3.05, 3.63) is 30.5 Å². The highest BCUT2D eigenvalue weighted by Gasteiger charge is 1.92. The topological polar surface area (TPSA) is 38.9 Å². The summed E-state index contributed by atoms with van der Waals surface area (Å²) in [5.74, 6) is 0.542. The number of hydrogen-bond acceptors (Lipinski definition) is 2. The molecular weight excluding hydrogens is 124 g/mol. The Hall–Kier alpha value is -1.31. The Morgan fingerprint density at radius 1 is 1.60 bits per heavy atom. The number of nitrogen functional groups attached to an aromatic ring is 1. The number of aromatic nitrogens is 1. The van der Waals surface area contributed by atoms with E-state index >= 15 is 0 Å². The van der Waals surface area contributed by atoms with Crippen LogP contribution in [0, 0.1) is 0 Å². The fourth-order valence-electron chi connectivity index (χ4n) is 0.689. The first-order valence-electron chi connectivity index (χ1n) is 3.08. The third-order valence-corrected chi connectivity index (χ3v) is 1.21. The maximum Gasteiger partial charge on any atom is 0.124 e. The molecule has 10 heavy (non-hydrogen) atoms. The Bertz CT molecular complexity index is 253. The van der Waals surface area contributed by atoms with Gasteiger partial charge in [0.1, 0.15) is 5.82 Å². The lowest BCUT2D eigenvalue weighted by Crippen LogP contribution is -1.91. The van der Waals surface area contributed by atoms with Crippen molar-refractivity contribution in [2.24, 2.45) is 0 Å². The van der Waals surface area contributed by atoms with Gasteiger partial charge >= 0.3 is 0 Å². The highest BCUT2D eigenvalue weighted by molar-refractivity contribution is 5.58. The molecule has 2 nitrogen and oxygen atoms in total. The maximum atomic E-state index is 5.44. The summed E-state index contributed by atoms with van der Waals surface area (Å²) in [4.78, 5) is 4.05. The normalized spacial score (nSPS) is 9.30. The van der Waals surface area contributed by atoms with Crippen molar-refractivity contribution < 1.29 is 0 Å². The Morgan fingerprint density at radius 2 is 2.30 bits per heavy atom. The molecule has 0 unspecified atom stereocenters. The molecule has 1 aromatic rings. The van der Waals surface area contributed by atoms with E-state index in [4.69, 9.17) is 5.73 Å². The molecule has 1 aromatic heterocycles. The molecule has 0 spiro atoms. The summed E-state index contributed by atoms with van der Waals surface area (Å²) in [6.07, 6.45) is 0. The minimum Gasteiger partial charge on any atom is -0.384 e. The first-order valence-corrected chi connectivity index (χ1v) is 3.08. The van der Waals surface area contributed by atoms with E-state index in [1.807, 2.05) is 19.1 Å². The second-order valence-electron chi connectivity index (χ2n) is 2.23. The fraction of sp³-hybridized carbons (Fsp3) is 0.125. The van der Waals surface area contributed by atoms with Crippen LogP contribution < -0.4 is 5.73 Å². The van der Waals surface area contributed by atoms with Crippen LogP contribution in [0.1, 0.15) is 12.6 Å². The molecule has 0 aliphatic heterocycles. The summed E-state index contributed by atoms with van der Waals surface area (Å²) in [6, 6.07) is 5.51. The lowest BCUT2D eigenvalue weighted by Gasteiger charge is -1.97. The molecule has 0 amide bonds. The van der Waals surface area contributed by atoms with E-state index < -0.39 is 0 Å². The second kappa shape index (κ2) is 2.52. The summed E-state index contributed by atoms with van der Waals surface area (Å²) in [5.41, 5.74) is 7.24. The molecule has 0 aliphatic rings. The molecule has 0 fully saturated rings. The number of anilines is 1. The first-order chi connectivity index (χ1) is 4.70. The first kappa shape index (κ1) is 6.81. The maximum absolute atomic E-state index is 5.44. The van der Waals surface area contributed by atoms with Gasteiger partial charge in [0, 0.05) is 0 Å². The van der Waals surface area contributed by atoms with Gasteiger partial charge in [0.2, 0.25) is 0 Å². The van der Waals surface area contributed by atoms with Gasteiger partial charge in [-0.2, -0.15) is 0 Å². The van der Waals surface area contributed by atoms with Gasteiger partial charge < -0.3 is 5.73 Å². The van der Waals surface area contributed by atoms with Crippen molar-refractivity contribution in [1.82, 2.24) is 4.98 Å². The molecule has 0 radical (unpaired) electrons. The van der Waals surface area contributed by atoms with Gasteiger partial charge in [0.05, 0.1) is 5.69 Å². The van der Waals surface area contributed by atoms with Gasteiger partial charge in [-0.25, -0.2) is 4.98 Å². The quantitative estimate of drug-likeness (QED) is 0.634. The molecule has 0 saturated carbocycles. The molecule has 1 heterocycles. The minimum atomic E-state index is 0.542. The number of pyridine rings is 1. The summed E-state index contributed by atoms with van der Waals surface area (Å²) in [6.45, 7) is 5.65. The molecule has 52 valence electrons. The van der Waals surface area contributed by atoms with Crippen LogP contribution in [0.4, 0.5) is 5.82 Å². The molecule has 0 atom stereocenters. The van der Waals surface area contributed by atoms with E-state index in [9.17, 15) is 0 Å². The van der Waals surface area contributed by atoms with Crippen molar-refractivity contribution in [3.8, 4) is 0 Å². The Morgan fingerprint density at radius 3 is 2.70 bits per heavy atom. The predicted molar refractivity (Wildman–Crippen MR) is 43.4 cm³/mol.